The lowest BCUT2D eigenvalue weighted by atomic mass is 10.1. The highest BCUT2D eigenvalue weighted by atomic mass is 16.4. The van der Waals surface area contributed by atoms with Gasteiger partial charge in [0.05, 0.1) is 17.8 Å². The second-order valence-electron chi connectivity index (χ2n) is 4.64. The molecular weight excluding hydrogens is 254 g/mol. The topological polar surface area (TPSA) is 75.1 Å². The number of carboxylic acids is 1. The molecule has 0 aliphatic heterocycles. The largest absolute Gasteiger partial charge is 0.481 e. The summed E-state index contributed by atoms with van der Waals surface area (Å²) in [5.74, 6) is -0.811. The van der Waals surface area contributed by atoms with Gasteiger partial charge in [-0.3, -0.25) is 14.8 Å². The van der Waals surface area contributed by atoms with Crippen LogP contribution in [-0.4, -0.2) is 21.0 Å². The standard InChI is InChI=1S/C15H17N3O2/c1-11-7-18-14(10-17-11)9-16-8-13-4-2-12(3-5-13)6-15(19)20/h2-5,7,10,16H,6,8-9H2,1H3,(H,19,20). The number of nitrogens with zero attached hydrogens (tertiary/aromatic N) is 2. The van der Waals surface area contributed by atoms with Gasteiger partial charge in [-0.05, 0) is 18.1 Å². The molecule has 0 saturated carbocycles. The van der Waals surface area contributed by atoms with E-state index in [0.717, 1.165) is 22.5 Å². The lowest BCUT2D eigenvalue weighted by Crippen LogP contribution is -2.14. The molecule has 0 radical (unpaired) electrons. The zero-order valence-corrected chi connectivity index (χ0v) is 11.3. The second-order valence-corrected chi connectivity index (χ2v) is 4.64. The lowest BCUT2D eigenvalue weighted by molar-refractivity contribution is -0.136. The number of aromatic nitrogens is 2. The molecule has 0 aliphatic carbocycles. The highest BCUT2D eigenvalue weighted by Gasteiger charge is 2.00. The molecule has 1 heterocycles. The molecule has 5 heteroatoms. The van der Waals surface area contributed by atoms with E-state index in [1.165, 1.54) is 0 Å². The van der Waals surface area contributed by atoms with E-state index in [9.17, 15) is 4.79 Å². The number of carboxylic acid groups (broad SMARTS) is 1. The van der Waals surface area contributed by atoms with Crippen LogP contribution in [0.5, 0.6) is 0 Å². The number of benzene rings is 1. The molecule has 104 valence electrons. The van der Waals surface area contributed by atoms with Crippen LogP contribution < -0.4 is 5.32 Å². The Morgan fingerprint density at radius 2 is 1.80 bits per heavy atom. The molecule has 2 rings (SSSR count). The van der Waals surface area contributed by atoms with Gasteiger partial charge in [0.2, 0.25) is 0 Å². The van der Waals surface area contributed by atoms with Crippen LogP contribution in [0.1, 0.15) is 22.5 Å². The minimum Gasteiger partial charge on any atom is -0.481 e. The van der Waals surface area contributed by atoms with E-state index in [0.29, 0.717) is 13.1 Å². The van der Waals surface area contributed by atoms with Gasteiger partial charge in [-0.2, -0.15) is 0 Å². The summed E-state index contributed by atoms with van der Waals surface area (Å²) in [7, 11) is 0. The van der Waals surface area contributed by atoms with Crippen LogP contribution in [-0.2, 0) is 24.3 Å². The Bertz CT molecular complexity index is 565. The number of carbonyl (C=O) groups is 1. The van der Waals surface area contributed by atoms with Crippen molar-refractivity contribution in [2.24, 2.45) is 0 Å². The normalized spacial score (nSPS) is 10.4. The highest BCUT2D eigenvalue weighted by molar-refractivity contribution is 5.70. The number of nitrogens with one attached hydrogen (secondary N) is 1. The van der Waals surface area contributed by atoms with E-state index in [1.54, 1.807) is 12.4 Å². The van der Waals surface area contributed by atoms with Gasteiger partial charge in [0.1, 0.15) is 0 Å². The van der Waals surface area contributed by atoms with Crippen molar-refractivity contribution < 1.29 is 9.90 Å². The zero-order valence-electron chi connectivity index (χ0n) is 11.3. The van der Waals surface area contributed by atoms with Gasteiger partial charge in [0.25, 0.3) is 0 Å². The Kier molecular flexibility index (Phi) is 4.79. The molecule has 1 aromatic carbocycles. The third-order valence-corrected chi connectivity index (χ3v) is 2.85. The Morgan fingerprint density at radius 3 is 2.40 bits per heavy atom. The molecule has 0 amide bonds. The lowest BCUT2D eigenvalue weighted by Gasteiger charge is -2.05. The van der Waals surface area contributed by atoms with Crippen molar-refractivity contribution in [3.8, 4) is 0 Å². The average Bonchev–Trinajstić information content (AvgIpc) is 2.42. The van der Waals surface area contributed by atoms with Gasteiger partial charge in [0.15, 0.2) is 0 Å². The van der Waals surface area contributed by atoms with Crippen LogP contribution in [0.2, 0.25) is 0 Å². The summed E-state index contributed by atoms with van der Waals surface area (Å²) < 4.78 is 0. The van der Waals surface area contributed by atoms with Gasteiger partial charge in [-0.15, -0.1) is 0 Å². The first-order chi connectivity index (χ1) is 9.63. The van der Waals surface area contributed by atoms with Crippen LogP contribution in [0.15, 0.2) is 36.7 Å². The maximum absolute atomic E-state index is 10.6. The Labute approximate surface area is 117 Å². The average molecular weight is 271 g/mol. The van der Waals surface area contributed by atoms with Crippen LogP contribution in [0.4, 0.5) is 0 Å². The highest BCUT2D eigenvalue weighted by Crippen LogP contribution is 2.05. The van der Waals surface area contributed by atoms with Crippen LogP contribution >= 0.6 is 0 Å². The fourth-order valence-electron chi connectivity index (χ4n) is 1.80. The van der Waals surface area contributed by atoms with Crippen LogP contribution in [0, 0.1) is 6.92 Å². The van der Waals surface area contributed by atoms with Crippen molar-refractivity contribution in [3.63, 3.8) is 0 Å². The number of aryl methyl sites for hydroxylation is 1. The minimum absolute atomic E-state index is 0.0622. The van der Waals surface area contributed by atoms with Crippen molar-refractivity contribution >= 4 is 5.97 Å². The Morgan fingerprint density at radius 1 is 1.10 bits per heavy atom. The molecule has 0 fully saturated rings. The van der Waals surface area contributed by atoms with E-state index in [1.807, 2.05) is 31.2 Å². The number of aliphatic carboxylic acids is 1. The molecule has 5 nitrogen and oxygen atoms in total. The molecule has 2 aromatic rings. The summed E-state index contributed by atoms with van der Waals surface area (Å²) >= 11 is 0. The van der Waals surface area contributed by atoms with Crippen molar-refractivity contribution in [2.75, 3.05) is 0 Å². The van der Waals surface area contributed by atoms with Crippen molar-refractivity contribution in [1.82, 2.24) is 15.3 Å². The van der Waals surface area contributed by atoms with Crippen molar-refractivity contribution in [3.05, 3.63) is 59.2 Å². The minimum atomic E-state index is -0.811. The summed E-state index contributed by atoms with van der Waals surface area (Å²) in [6, 6.07) is 7.56. The van der Waals surface area contributed by atoms with E-state index in [2.05, 4.69) is 15.3 Å². The van der Waals surface area contributed by atoms with Crippen molar-refractivity contribution in [2.45, 2.75) is 26.4 Å². The van der Waals surface area contributed by atoms with Crippen molar-refractivity contribution in [1.29, 1.82) is 0 Å². The maximum atomic E-state index is 10.6. The Hall–Kier alpha value is -2.27. The summed E-state index contributed by atoms with van der Waals surface area (Å²) in [4.78, 5) is 19.0. The van der Waals surface area contributed by atoms with E-state index in [-0.39, 0.29) is 6.42 Å². The summed E-state index contributed by atoms with van der Waals surface area (Å²) in [5, 5.41) is 12.0. The molecular formula is C15H17N3O2. The SMILES string of the molecule is Cc1cnc(CNCc2ccc(CC(=O)O)cc2)cn1. The predicted molar refractivity (Wildman–Crippen MR) is 75.1 cm³/mol. The first-order valence-electron chi connectivity index (χ1n) is 6.41. The van der Waals surface area contributed by atoms with Crippen LogP contribution in [0.3, 0.4) is 0 Å². The van der Waals surface area contributed by atoms with E-state index < -0.39 is 5.97 Å². The van der Waals surface area contributed by atoms with Gasteiger partial charge in [0, 0.05) is 25.5 Å². The second kappa shape index (κ2) is 6.77. The number of hydrogen-bond acceptors (Lipinski definition) is 4. The Balaban J connectivity index is 1.82. The summed E-state index contributed by atoms with van der Waals surface area (Å²) in [6.45, 7) is 3.27. The zero-order chi connectivity index (χ0) is 14.4. The molecule has 0 bridgehead atoms. The number of rotatable bonds is 6. The first-order valence-corrected chi connectivity index (χ1v) is 6.41. The quantitative estimate of drug-likeness (QED) is 0.836. The third kappa shape index (κ3) is 4.44. The predicted octanol–water partition coefficient (Wildman–Crippen LogP) is 1.70. The number of hydrogen-bond donors (Lipinski definition) is 2. The maximum Gasteiger partial charge on any atom is 0.307 e. The molecule has 0 aliphatic rings. The molecule has 0 atom stereocenters. The molecule has 0 saturated heterocycles. The summed E-state index contributed by atoms with van der Waals surface area (Å²) in [5.41, 5.74) is 3.73. The van der Waals surface area contributed by atoms with Gasteiger partial charge in [-0.1, -0.05) is 24.3 Å². The molecule has 0 unspecified atom stereocenters. The fourth-order valence-corrected chi connectivity index (χ4v) is 1.80. The van der Waals surface area contributed by atoms with Gasteiger partial charge < -0.3 is 10.4 Å². The third-order valence-electron chi connectivity index (χ3n) is 2.85. The van der Waals surface area contributed by atoms with Crippen LogP contribution in [0.25, 0.3) is 0 Å². The smallest absolute Gasteiger partial charge is 0.307 e. The van der Waals surface area contributed by atoms with E-state index in [4.69, 9.17) is 5.11 Å². The molecule has 1 aromatic heterocycles. The monoisotopic (exact) mass is 271 g/mol. The van der Waals surface area contributed by atoms with E-state index >= 15 is 0 Å². The fraction of sp³-hybridized carbons (Fsp3) is 0.267. The molecule has 20 heavy (non-hydrogen) atoms. The first kappa shape index (κ1) is 14.1. The van der Waals surface area contributed by atoms with Gasteiger partial charge in [-0.25, -0.2) is 0 Å². The summed E-state index contributed by atoms with van der Waals surface area (Å²) in [6.07, 6.45) is 3.57. The molecule has 0 spiro atoms. The molecule has 2 N–H and O–H groups in total. The van der Waals surface area contributed by atoms with Gasteiger partial charge >= 0.3 is 5.97 Å².